The van der Waals surface area contributed by atoms with Gasteiger partial charge in [-0.25, -0.2) is 0 Å². The molecular weight excluding hydrogens is 348 g/mol. The lowest BCUT2D eigenvalue weighted by atomic mass is 9.42. The Hall–Kier alpha value is -0.410. The second kappa shape index (κ2) is 5.44. The normalized spacial score (nSPS) is 62.0. The van der Waals surface area contributed by atoms with Gasteiger partial charge in [0, 0.05) is 17.3 Å². The summed E-state index contributed by atoms with van der Waals surface area (Å²) in [6.07, 6.45) is 13.1. The number of epoxide rings is 1. The van der Waals surface area contributed by atoms with Crippen molar-refractivity contribution in [2.75, 3.05) is 0 Å². The molecule has 0 amide bonds. The molecule has 0 aromatic carbocycles. The Labute approximate surface area is 170 Å². The van der Waals surface area contributed by atoms with Crippen LogP contribution in [0.4, 0.5) is 0 Å². The van der Waals surface area contributed by atoms with Gasteiger partial charge >= 0.3 is 0 Å². The molecule has 6 aliphatic rings. The molecule has 1 aliphatic heterocycles. The van der Waals surface area contributed by atoms with Gasteiger partial charge < -0.3 is 9.84 Å². The first kappa shape index (κ1) is 18.4. The number of rotatable bonds is 1. The van der Waals surface area contributed by atoms with E-state index in [2.05, 4.69) is 13.8 Å². The van der Waals surface area contributed by atoms with Gasteiger partial charge in [-0.2, -0.15) is 0 Å². The van der Waals surface area contributed by atoms with Crippen LogP contribution >= 0.6 is 0 Å². The first-order valence-electron chi connectivity index (χ1n) is 12.2. The van der Waals surface area contributed by atoms with Gasteiger partial charge in [0.05, 0.1) is 12.2 Å². The van der Waals surface area contributed by atoms with Crippen LogP contribution in [-0.2, 0) is 9.53 Å². The zero-order valence-electron chi connectivity index (χ0n) is 18.0. The highest BCUT2D eigenvalue weighted by molar-refractivity contribution is 5.84. The van der Waals surface area contributed by atoms with Crippen molar-refractivity contribution in [1.82, 2.24) is 0 Å². The van der Waals surface area contributed by atoms with E-state index in [-0.39, 0.29) is 27.9 Å². The first-order chi connectivity index (χ1) is 13.3. The smallest absolute Gasteiger partial charge is 0.136 e. The maximum absolute atomic E-state index is 13.2. The fourth-order valence-corrected chi connectivity index (χ4v) is 10.5. The molecule has 6 fully saturated rings. The minimum Gasteiger partial charge on any atom is -0.393 e. The van der Waals surface area contributed by atoms with Gasteiger partial charge in [-0.1, -0.05) is 26.7 Å². The number of ether oxygens (including phenoxy) is 1. The van der Waals surface area contributed by atoms with E-state index in [1.54, 1.807) is 0 Å². The molecular formula is C25H38O3. The van der Waals surface area contributed by atoms with Crippen molar-refractivity contribution in [3.05, 3.63) is 0 Å². The van der Waals surface area contributed by atoms with Crippen molar-refractivity contribution in [2.24, 2.45) is 39.9 Å². The molecule has 1 saturated heterocycles. The van der Waals surface area contributed by atoms with Crippen molar-refractivity contribution in [3.8, 4) is 0 Å². The number of hydrogen-bond donors (Lipinski definition) is 1. The molecule has 0 radical (unpaired) electrons. The maximum Gasteiger partial charge on any atom is 0.136 e. The fourth-order valence-electron chi connectivity index (χ4n) is 10.5. The van der Waals surface area contributed by atoms with Gasteiger partial charge in [-0.05, 0) is 87.4 Å². The monoisotopic (exact) mass is 386 g/mol. The quantitative estimate of drug-likeness (QED) is 0.652. The van der Waals surface area contributed by atoms with Crippen LogP contribution in [0.3, 0.4) is 0 Å². The van der Waals surface area contributed by atoms with Crippen LogP contribution in [0, 0.1) is 39.9 Å². The molecule has 0 aromatic rings. The summed E-state index contributed by atoms with van der Waals surface area (Å²) >= 11 is 0. The molecule has 1 spiro atoms. The summed E-state index contributed by atoms with van der Waals surface area (Å²) in [6, 6.07) is 0. The fraction of sp³-hybridized carbons (Fsp3) is 0.960. The van der Waals surface area contributed by atoms with Crippen LogP contribution in [0.2, 0.25) is 0 Å². The Bertz CT molecular complexity index is 719. The van der Waals surface area contributed by atoms with Crippen LogP contribution in [0.5, 0.6) is 0 Å². The molecule has 3 nitrogen and oxygen atoms in total. The molecule has 156 valence electrons. The highest BCUT2D eigenvalue weighted by atomic mass is 16.6. The second-order valence-corrected chi connectivity index (χ2v) is 12.1. The summed E-state index contributed by atoms with van der Waals surface area (Å²) in [7, 11) is 0. The van der Waals surface area contributed by atoms with Crippen molar-refractivity contribution in [2.45, 2.75) is 109 Å². The van der Waals surface area contributed by atoms with Gasteiger partial charge in [0.15, 0.2) is 0 Å². The van der Waals surface area contributed by atoms with Gasteiger partial charge in [0.2, 0.25) is 0 Å². The third kappa shape index (κ3) is 1.84. The lowest BCUT2D eigenvalue weighted by molar-refractivity contribution is -0.154. The Balaban J connectivity index is 1.40. The van der Waals surface area contributed by atoms with Crippen LogP contribution in [-0.4, -0.2) is 28.7 Å². The molecule has 28 heavy (non-hydrogen) atoms. The van der Waals surface area contributed by atoms with E-state index < -0.39 is 0 Å². The molecule has 0 unspecified atom stereocenters. The molecule has 0 aromatic heterocycles. The van der Waals surface area contributed by atoms with Gasteiger partial charge in [0.1, 0.15) is 11.4 Å². The molecule has 1 N–H and O–H groups in total. The average molecular weight is 387 g/mol. The van der Waals surface area contributed by atoms with Crippen LogP contribution in [0.1, 0.15) is 91.4 Å². The summed E-state index contributed by atoms with van der Waals surface area (Å²) in [4.78, 5) is 13.2. The van der Waals surface area contributed by atoms with E-state index >= 15 is 0 Å². The highest BCUT2D eigenvalue weighted by Gasteiger charge is 2.77. The summed E-state index contributed by atoms with van der Waals surface area (Å²) in [5, 5.41) is 10.4. The van der Waals surface area contributed by atoms with E-state index in [1.165, 1.54) is 44.9 Å². The number of aliphatic hydroxyl groups is 1. The van der Waals surface area contributed by atoms with Crippen molar-refractivity contribution in [3.63, 3.8) is 0 Å². The summed E-state index contributed by atoms with van der Waals surface area (Å²) in [5.74, 6) is 3.27. The number of fused-ring (bicyclic) bond motifs is 6. The summed E-state index contributed by atoms with van der Waals surface area (Å²) in [6.45, 7) is 6.93. The molecule has 3 heteroatoms. The van der Waals surface area contributed by atoms with E-state index in [0.717, 1.165) is 37.5 Å². The Kier molecular flexibility index (Phi) is 3.57. The third-order valence-corrected chi connectivity index (χ3v) is 11.7. The van der Waals surface area contributed by atoms with Gasteiger partial charge in [-0.15, -0.1) is 0 Å². The topological polar surface area (TPSA) is 49.8 Å². The SMILES string of the molecule is CC(=O)[C@]12CCCC[C@@H]1C[C@H]1[C@@H]3C[C@H]4O[C@]45C[C@H](O)CC[C@]5(C)[C@H]3CC[C@@]12C. The van der Waals surface area contributed by atoms with Gasteiger partial charge in [-0.3, -0.25) is 4.79 Å². The number of ketones is 1. The Morgan fingerprint density at radius 2 is 1.75 bits per heavy atom. The van der Waals surface area contributed by atoms with Crippen molar-refractivity contribution < 1.29 is 14.6 Å². The largest absolute Gasteiger partial charge is 0.393 e. The third-order valence-electron chi connectivity index (χ3n) is 11.7. The molecule has 6 rings (SSSR count). The van der Waals surface area contributed by atoms with Crippen molar-refractivity contribution >= 4 is 5.78 Å². The Morgan fingerprint density at radius 3 is 2.54 bits per heavy atom. The van der Waals surface area contributed by atoms with E-state index in [9.17, 15) is 9.90 Å². The number of carbonyl (C=O) groups is 1. The molecule has 5 aliphatic carbocycles. The number of hydrogen-bond acceptors (Lipinski definition) is 3. The van der Waals surface area contributed by atoms with E-state index in [4.69, 9.17) is 4.74 Å². The lowest BCUT2D eigenvalue weighted by Crippen LogP contribution is -2.60. The highest BCUT2D eigenvalue weighted by Crippen LogP contribution is 2.77. The zero-order chi connectivity index (χ0) is 19.5. The van der Waals surface area contributed by atoms with Crippen LogP contribution in [0.15, 0.2) is 0 Å². The minimum absolute atomic E-state index is 0.0246. The zero-order valence-corrected chi connectivity index (χ0v) is 18.0. The molecule has 5 saturated carbocycles. The van der Waals surface area contributed by atoms with Gasteiger partial charge in [0.25, 0.3) is 0 Å². The summed E-state index contributed by atoms with van der Waals surface area (Å²) < 4.78 is 6.48. The molecule has 10 atom stereocenters. The second-order valence-electron chi connectivity index (χ2n) is 12.1. The molecule has 1 heterocycles. The van der Waals surface area contributed by atoms with E-state index in [0.29, 0.717) is 23.7 Å². The number of aliphatic hydroxyl groups excluding tert-OH is 1. The van der Waals surface area contributed by atoms with Crippen molar-refractivity contribution in [1.29, 1.82) is 0 Å². The summed E-state index contributed by atoms with van der Waals surface area (Å²) in [5.41, 5.74) is 0.371. The van der Waals surface area contributed by atoms with Crippen LogP contribution < -0.4 is 0 Å². The number of carbonyl (C=O) groups excluding carboxylic acids is 1. The molecule has 0 bridgehead atoms. The predicted octanol–water partition coefficient (Wildman–Crippen LogP) is 4.90. The maximum atomic E-state index is 13.2. The standard InChI is InChI=1S/C25H38O3/c1-15(26)24-9-5-4-6-16(24)12-20-18-13-21-25(28-21)14-17(27)7-10-23(25,3)19(18)8-11-22(20,24)2/h16-21,27H,4-14H2,1-3H3/t16-,17-,18-,19+,20+,21-,22+,23-,24-,25-/m1/s1. The first-order valence-corrected chi connectivity index (χ1v) is 12.2. The number of Topliss-reactive ketones (excluding diaryl/α,β-unsaturated/α-hetero) is 1. The predicted molar refractivity (Wildman–Crippen MR) is 108 cm³/mol. The van der Waals surface area contributed by atoms with E-state index in [1.807, 2.05) is 6.92 Å². The Morgan fingerprint density at radius 1 is 0.964 bits per heavy atom. The minimum atomic E-state index is -0.168. The van der Waals surface area contributed by atoms with Crippen LogP contribution in [0.25, 0.3) is 0 Å². The average Bonchev–Trinajstić information content (AvgIpc) is 3.27. The lowest BCUT2D eigenvalue weighted by Gasteiger charge is -2.61.